The number of para-hydroxylation sites is 1. The first-order valence-corrected chi connectivity index (χ1v) is 13.6. The molecule has 0 fully saturated rings. The van der Waals surface area contributed by atoms with E-state index in [0.29, 0.717) is 4.70 Å². The fourth-order valence-corrected chi connectivity index (χ4v) is 5.91. The molecule has 0 radical (unpaired) electrons. The number of methoxy groups -OCH3 is 2. The highest BCUT2D eigenvalue weighted by Crippen LogP contribution is 2.21. The van der Waals surface area contributed by atoms with Crippen LogP contribution in [0.4, 0.5) is 4.39 Å². The smallest absolute Gasteiger partial charge is 0.326 e. The van der Waals surface area contributed by atoms with Crippen molar-refractivity contribution in [2.75, 3.05) is 47.1 Å². The summed E-state index contributed by atoms with van der Waals surface area (Å²) in [6.45, 7) is 2.18. The molecule has 0 saturated carbocycles. The highest BCUT2D eigenvalue weighted by atomic mass is 32.2. The molecule has 2 aromatic carbocycles. The van der Waals surface area contributed by atoms with Gasteiger partial charge in [-0.25, -0.2) is 12.8 Å². The van der Waals surface area contributed by atoms with Gasteiger partial charge in [-0.1, -0.05) is 17.4 Å². The molecule has 0 unspecified atom stereocenters. The third-order valence-electron chi connectivity index (χ3n) is 5.27. The molecular formula is C24H28FN3O7S2. The van der Waals surface area contributed by atoms with E-state index in [1.165, 1.54) is 59.5 Å². The summed E-state index contributed by atoms with van der Waals surface area (Å²) in [4.78, 5) is 29.3. The Hall–Kier alpha value is -2.97. The summed E-state index contributed by atoms with van der Waals surface area (Å²) in [6, 6.07) is 9.79. The molecule has 3 rings (SSSR count). The van der Waals surface area contributed by atoms with Gasteiger partial charge in [-0.15, -0.1) is 0 Å². The van der Waals surface area contributed by atoms with Crippen LogP contribution >= 0.6 is 11.3 Å². The fraction of sp³-hybridized carbons (Fsp3) is 0.375. The lowest BCUT2D eigenvalue weighted by molar-refractivity contribution is -0.143. The van der Waals surface area contributed by atoms with Gasteiger partial charge in [0, 0.05) is 32.9 Å². The molecule has 0 spiro atoms. The van der Waals surface area contributed by atoms with E-state index in [1.807, 2.05) is 0 Å². The van der Waals surface area contributed by atoms with Crippen molar-refractivity contribution in [1.82, 2.24) is 8.87 Å². The number of hydrogen-bond acceptors (Lipinski definition) is 8. The zero-order valence-electron chi connectivity index (χ0n) is 20.7. The van der Waals surface area contributed by atoms with Gasteiger partial charge in [-0.05, 0) is 43.3 Å². The Kier molecular flexibility index (Phi) is 10.1. The van der Waals surface area contributed by atoms with Gasteiger partial charge in [0.1, 0.15) is 12.4 Å². The summed E-state index contributed by atoms with van der Waals surface area (Å²) in [6.07, 6.45) is 0. The number of thiazole rings is 1. The number of sulfonamides is 1. The number of rotatable bonds is 12. The Labute approximate surface area is 217 Å². The Balaban J connectivity index is 1.94. The van der Waals surface area contributed by atoms with Crippen molar-refractivity contribution in [2.45, 2.75) is 18.4 Å². The maximum absolute atomic E-state index is 14.6. The van der Waals surface area contributed by atoms with Crippen molar-refractivity contribution >= 4 is 43.5 Å². The van der Waals surface area contributed by atoms with Gasteiger partial charge < -0.3 is 18.8 Å². The standard InChI is InChI=1S/C24H28FN3O7S2/c1-4-35-21(29)16-28-22-19(25)6-5-7-20(22)36-24(28)26-23(30)17-8-10-18(11-9-17)37(31,32)27(12-14-33-2)13-15-34-3/h5-11H,4,12-16H2,1-3H3. The number of aromatic nitrogens is 1. The van der Waals surface area contributed by atoms with Gasteiger partial charge in [-0.3, -0.25) is 9.59 Å². The lowest BCUT2D eigenvalue weighted by Gasteiger charge is -2.21. The van der Waals surface area contributed by atoms with Crippen LogP contribution in [-0.2, 0) is 35.6 Å². The van der Waals surface area contributed by atoms with Crippen LogP contribution in [-0.4, -0.2) is 76.3 Å². The zero-order chi connectivity index (χ0) is 27.0. The summed E-state index contributed by atoms with van der Waals surface area (Å²) >= 11 is 1.05. The van der Waals surface area contributed by atoms with Gasteiger partial charge >= 0.3 is 5.97 Å². The highest BCUT2D eigenvalue weighted by Gasteiger charge is 2.24. The Bertz CT molecular complexity index is 1410. The average Bonchev–Trinajstić information content (AvgIpc) is 3.21. The van der Waals surface area contributed by atoms with E-state index in [0.717, 1.165) is 11.3 Å². The topological polar surface area (TPSA) is 117 Å². The number of halogens is 1. The second-order valence-corrected chi connectivity index (χ2v) is 10.6. The number of benzene rings is 2. The van der Waals surface area contributed by atoms with E-state index in [2.05, 4.69) is 4.99 Å². The van der Waals surface area contributed by atoms with Crippen LogP contribution in [0.5, 0.6) is 0 Å². The molecule has 0 aliphatic heterocycles. The number of carbonyl (C=O) groups is 2. The van der Waals surface area contributed by atoms with Gasteiger partial charge in [0.15, 0.2) is 4.80 Å². The molecule has 1 heterocycles. The molecule has 37 heavy (non-hydrogen) atoms. The van der Waals surface area contributed by atoms with Crippen LogP contribution in [0.25, 0.3) is 10.2 Å². The molecule has 1 amide bonds. The first-order valence-electron chi connectivity index (χ1n) is 11.3. The van der Waals surface area contributed by atoms with Gasteiger partial charge in [0.05, 0.1) is 34.9 Å². The summed E-state index contributed by atoms with van der Waals surface area (Å²) in [5.74, 6) is -1.84. The molecule has 3 aromatic rings. The molecule has 0 aliphatic rings. The van der Waals surface area contributed by atoms with Crippen LogP contribution in [0.3, 0.4) is 0 Å². The Morgan fingerprint density at radius 3 is 2.30 bits per heavy atom. The maximum Gasteiger partial charge on any atom is 0.326 e. The third-order valence-corrected chi connectivity index (χ3v) is 8.23. The van der Waals surface area contributed by atoms with Crippen LogP contribution in [0.2, 0.25) is 0 Å². The fourth-order valence-electron chi connectivity index (χ4n) is 3.46. The number of amides is 1. The first kappa shape index (κ1) is 28.6. The van der Waals surface area contributed by atoms with Crippen LogP contribution in [0.15, 0.2) is 52.4 Å². The van der Waals surface area contributed by atoms with E-state index in [9.17, 15) is 22.4 Å². The molecule has 10 nitrogen and oxygen atoms in total. The van der Waals surface area contributed by atoms with Crippen molar-refractivity contribution in [2.24, 2.45) is 4.99 Å². The predicted molar refractivity (Wildman–Crippen MR) is 135 cm³/mol. The molecule has 0 atom stereocenters. The summed E-state index contributed by atoms with van der Waals surface area (Å²) in [5, 5.41) is 0. The van der Waals surface area contributed by atoms with Crippen molar-refractivity contribution in [1.29, 1.82) is 0 Å². The van der Waals surface area contributed by atoms with Crippen LogP contribution in [0, 0.1) is 5.82 Å². The van der Waals surface area contributed by atoms with Gasteiger partial charge in [0.25, 0.3) is 5.91 Å². The van der Waals surface area contributed by atoms with Gasteiger partial charge in [-0.2, -0.15) is 9.30 Å². The normalized spacial score (nSPS) is 12.4. The van der Waals surface area contributed by atoms with Crippen molar-refractivity contribution in [3.05, 3.63) is 58.6 Å². The summed E-state index contributed by atoms with van der Waals surface area (Å²) in [5.41, 5.74) is 0.264. The average molecular weight is 554 g/mol. The van der Waals surface area contributed by atoms with E-state index >= 15 is 0 Å². The molecule has 0 bridgehead atoms. The predicted octanol–water partition coefficient (Wildman–Crippen LogP) is 2.43. The molecule has 13 heteroatoms. The molecule has 0 N–H and O–H groups in total. The van der Waals surface area contributed by atoms with E-state index < -0.39 is 27.7 Å². The van der Waals surface area contributed by atoms with Crippen molar-refractivity contribution in [3.8, 4) is 0 Å². The molecule has 1 aromatic heterocycles. The Morgan fingerprint density at radius 1 is 1.05 bits per heavy atom. The molecule has 200 valence electrons. The summed E-state index contributed by atoms with van der Waals surface area (Å²) < 4.78 is 58.8. The zero-order valence-corrected chi connectivity index (χ0v) is 22.3. The van der Waals surface area contributed by atoms with Gasteiger partial charge in [0.2, 0.25) is 10.0 Å². The minimum absolute atomic E-state index is 0.00226. The number of carbonyl (C=O) groups excluding carboxylic acids is 2. The second kappa shape index (κ2) is 13.0. The van der Waals surface area contributed by atoms with Crippen molar-refractivity contribution < 1.29 is 36.6 Å². The Morgan fingerprint density at radius 2 is 1.70 bits per heavy atom. The maximum atomic E-state index is 14.6. The van der Waals surface area contributed by atoms with Crippen molar-refractivity contribution in [3.63, 3.8) is 0 Å². The van der Waals surface area contributed by atoms with Crippen LogP contribution in [0.1, 0.15) is 17.3 Å². The number of fused-ring (bicyclic) bond motifs is 1. The minimum atomic E-state index is -3.86. The van der Waals surface area contributed by atoms with E-state index in [1.54, 1.807) is 13.0 Å². The lowest BCUT2D eigenvalue weighted by atomic mass is 10.2. The SMILES string of the molecule is CCOC(=O)Cn1c(=NC(=O)c2ccc(S(=O)(=O)N(CCOC)CCOC)cc2)sc2cccc(F)c21. The van der Waals surface area contributed by atoms with Crippen LogP contribution < -0.4 is 4.80 Å². The highest BCUT2D eigenvalue weighted by molar-refractivity contribution is 7.89. The quantitative estimate of drug-likeness (QED) is 0.316. The van der Waals surface area contributed by atoms with E-state index in [4.69, 9.17) is 14.2 Å². The number of nitrogens with zero attached hydrogens (tertiary/aromatic N) is 3. The molecule has 0 aliphatic carbocycles. The minimum Gasteiger partial charge on any atom is -0.465 e. The molecule has 0 saturated heterocycles. The number of esters is 1. The molecular weight excluding hydrogens is 525 g/mol. The largest absolute Gasteiger partial charge is 0.465 e. The second-order valence-electron chi connectivity index (χ2n) is 7.69. The van der Waals surface area contributed by atoms with E-state index in [-0.39, 0.29) is 60.2 Å². The number of ether oxygens (including phenoxy) is 3. The first-order chi connectivity index (χ1) is 17.7. The number of hydrogen-bond donors (Lipinski definition) is 0. The third kappa shape index (κ3) is 6.87. The monoisotopic (exact) mass is 553 g/mol. The lowest BCUT2D eigenvalue weighted by Crippen LogP contribution is -2.36. The summed E-state index contributed by atoms with van der Waals surface area (Å²) in [7, 11) is -0.901.